The lowest BCUT2D eigenvalue weighted by Crippen LogP contribution is -2.38. The number of piperidine rings is 1. The first-order valence-electron chi connectivity index (χ1n) is 12.2. The van der Waals surface area contributed by atoms with Crippen LogP contribution < -0.4 is 5.32 Å². The van der Waals surface area contributed by atoms with Crippen LogP contribution in [0.2, 0.25) is 0 Å². The Kier molecular flexibility index (Phi) is 7.48. The average Bonchev–Trinajstić information content (AvgIpc) is 3.25. The van der Waals surface area contributed by atoms with Crippen LogP contribution in [0.5, 0.6) is 0 Å². The van der Waals surface area contributed by atoms with Crippen molar-refractivity contribution in [1.29, 1.82) is 0 Å². The Morgan fingerprint density at radius 2 is 2.03 bits per heavy atom. The van der Waals surface area contributed by atoms with E-state index in [1.165, 1.54) is 62.7 Å². The quantitative estimate of drug-likeness (QED) is 0.566. The minimum atomic E-state index is 0.253. The van der Waals surface area contributed by atoms with Crippen molar-refractivity contribution in [1.82, 2.24) is 10.2 Å². The van der Waals surface area contributed by atoms with Gasteiger partial charge in [-0.25, -0.2) is 0 Å². The Labute approximate surface area is 181 Å². The van der Waals surface area contributed by atoms with Crippen LogP contribution in [-0.4, -0.2) is 29.9 Å². The van der Waals surface area contributed by atoms with Crippen molar-refractivity contribution in [3.8, 4) is 11.3 Å². The van der Waals surface area contributed by atoms with Gasteiger partial charge in [-0.2, -0.15) is 0 Å². The van der Waals surface area contributed by atoms with Crippen molar-refractivity contribution in [3.63, 3.8) is 0 Å². The molecule has 0 aromatic rings. The van der Waals surface area contributed by atoms with Gasteiger partial charge < -0.3 is 9.73 Å². The first-order chi connectivity index (χ1) is 14.7. The number of fused-ring (bicyclic) bond motifs is 1. The molecule has 0 bridgehead atoms. The summed E-state index contributed by atoms with van der Waals surface area (Å²) >= 11 is 0. The van der Waals surface area contributed by atoms with E-state index in [2.05, 4.69) is 35.3 Å². The van der Waals surface area contributed by atoms with Crippen LogP contribution in [0.3, 0.4) is 0 Å². The van der Waals surface area contributed by atoms with E-state index >= 15 is 0 Å². The Morgan fingerprint density at radius 1 is 1.17 bits per heavy atom. The number of rotatable bonds is 8. The monoisotopic (exact) mass is 410 g/mol. The van der Waals surface area contributed by atoms with E-state index in [0.717, 1.165) is 37.4 Å². The molecule has 4 rings (SSSR count). The largest absolute Gasteiger partial charge is 0.464 e. The third-order valence-corrected chi connectivity index (χ3v) is 7.24. The highest BCUT2D eigenvalue weighted by Gasteiger charge is 2.27. The van der Waals surface area contributed by atoms with Crippen molar-refractivity contribution >= 4 is 5.91 Å². The molecule has 1 saturated carbocycles. The summed E-state index contributed by atoms with van der Waals surface area (Å²) in [7, 11) is 0. The smallest absolute Gasteiger partial charge is 0.220 e. The zero-order chi connectivity index (χ0) is 20.8. The van der Waals surface area contributed by atoms with E-state index < -0.39 is 0 Å². The molecule has 30 heavy (non-hydrogen) atoms. The van der Waals surface area contributed by atoms with Crippen molar-refractivity contribution < 1.29 is 9.21 Å². The van der Waals surface area contributed by atoms with Gasteiger partial charge in [0, 0.05) is 29.6 Å². The molecule has 2 aliphatic carbocycles. The van der Waals surface area contributed by atoms with E-state index in [1.807, 2.05) is 12.3 Å². The molecule has 1 N–H and O–H groups in total. The van der Waals surface area contributed by atoms with Crippen LogP contribution in [0.25, 0.3) is 11.3 Å². The van der Waals surface area contributed by atoms with Gasteiger partial charge in [0.1, 0.15) is 5.76 Å². The van der Waals surface area contributed by atoms with Gasteiger partial charge in [0.05, 0.1) is 6.26 Å². The third kappa shape index (κ3) is 5.46. The number of carbonyl (C=O) groups excluding carboxylic acids is 1. The molecule has 0 aromatic heterocycles. The van der Waals surface area contributed by atoms with Crippen molar-refractivity contribution in [2.75, 3.05) is 13.1 Å². The van der Waals surface area contributed by atoms with Crippen LogP contribution in [-0.2, 0) is 4.79 Å². The number of nitrogens with zero attached hydrogens (tertiary/aromatic N) is 1. The van der Waals surface area contributed by atoms with Gasteiger partial charge in [0.15, 0.2) is 0 Å². The second-order valence-corrected chi connectivity index (χ2v) is 9.45. The number of nitrogens with one attached hydrogen (secondary N) is 1. The fourth-order valence-corrected chi connectivity index (χ4v) is 5.38. The number of likely N-dealkylation sites (tertiary alicyclic amines) is 1. The molecule has 1 atom stereocenters. The highest BCUT2D eigenvalue weighted by atomic mass is 16.3. The molecule has 2 aliphatic heterocycles. The fraction of sp³-hybridized carbons (Fsp3) is 0.654. The molecule has 1 amide bonds. The molecular formula is C26H38N2O2. The van der Waals surface area contributed by atoms with Crippen LogP contribution >= 0.6 is 0 Å². The summed E-state index contributed by atoms with van der Waals surface area (Å²) in [4.78, 5) is 14.7. The van der Waals surface area contributed by atoms with Crippen molar-refractivity contribution in [3.05, 3.63) is 36.1 Å². The molecule has 4 heteroatoms. The van der Waals surface area contributed by atoms with Crippen LogP contribution in [0.4, 0.5) is 0 Å². The number of hydrogen-bond donors (Lipinski definition) is 1. The minimum Gasteiger partial charge on any atom is -0.464 e. The summed E-state index contributed by atoms with van der Waals surface area (Å²) in [6.45, 7) is 4.52. The predicted octanol–water partition coefficient (Wildman–Crippen LogP) is 6.17. The summed E-state index contributed by atoms with van der Waals surface area (Å²) < 4.78 is 5.89. The molecular weight excluding hydrogens is 372 g/mol. The zero-order valence-electron chi connectivity index (χ0n) is 18.6. The molecule has 1 saturated heterocycles. The molecule has 1 unspecified atom stereocenters. The van der Waals surface area contributed by atoms with E-state index in [4.69, 9.17) is 4.42 Å². The molecule has 0 radical (unpaired) electrons. The van der Waals surface area contributed by atoms with E-state index in [9.17, 15) is 4.79 Å². The van der Waals surface area contributed by atoms with Crippen molar-refractivity contribution in [2.24, 2.45) is 5.92 Å². The summed E-state index contributed by atoms with van der Waals surface area (Å²) in [5.74, 6) is 2.04. The lowest BCUT2D eigenvalue weighted by atomic mass is 9.83. The summed E-state index contributed by atoms with van der Waals surface area (Å²) in [5, 5.41) is 3.26. The SMILES string of the molecule is CCCCC(=O)NC1CCC(CCN2CCCCC2c2coc3cccc-3c2)CC1. The zero-order valence-corrected chi connectivity index (χ0v) is 18.6. The highest BCUT2D eigenvalue weighted by Crippen LogP contribution is 2.36. The molecule has 0 aromatic carbocycles. The normalized spacial score (nSPS) is 25.4. The second-order valence-electron chi connectivity index (χ2n) is 9.45. The van der Waals surface area contributed by atoms with Crippen LogP contribution in [0.1, 0.15) is 89.2 Å². The van der Waals surface area contributed by atoms with Gasteiger partial charge in [-0.1, -0.05) is 31.9 Å². The maximum absolute atomic E-state index is 12.0. The molecule has 4 aliphatic rings. The van der Waals surface area contributed by atoms with Gasteiger partial charge in [0.25, 0.3) is 0 Å². The third-order valence-electron chi connectivity index (χ3n) is 7.24. The summed E-state index contributed by atoms with van der Waals surface area (Å²) in [5.41, 5.74) is 2.56. The Bertz CT molecular complexity index is 762. The van der Waals surface area contributed by atoms with E-state index in [0.29, 0.717) is 18.5 Å². The van der Waals surface area contributed by atoms with Crippen molar-refractivity contribution in [2.45, 2.75) is 89.6 Å². The number of amides is 1. The van der Waals surface area contributed by atoms with E-state index in [-0.39, 0.29) is 5.91 Å². The van der Waals surface area contributed by atoms with E-state index in [1.54, 1.807) is 0 Å². The second kappa shape index (κ2) is 10.5. The van der Waals surface area contributed by atoms with Crippen LogP contribution in [0.15, 0.2) is 34.9 Å². The van der Waals surface area contributed by atoms with Gasteiger partial charge in [0.2, 0.25) is 5.91 Å². The highest BCUT2D eigenvalue weighted by molar-refractivity contribution is 5.76. The lowest BCUT2D eigenvalue weighted by molar-refractivity contribution is -0.122. The Balaban J connectivity index is 1.26. The number of hydrogen-bond acceptors (Lipinski definition) is 3. The van der Waals surface area contributed by atoms with Gasteiger partial charge in [-0.05, 0) is 82.5 Å². The average molecular weight is 411 g/mol. The Morgan fingerprint density at radius 3 is 2.87 bits per heavy atom. The topological polar surface area (TPSA) is 45.5 Å². The molecule has 2 fully saturated rings. The fourth-order valence-electron chi connectivity index (χ4n) is 5.38. The predicted molar refractivity (Wildman–Crippen MR) is 122 cm³/mol. The molecule has 0 spiro atoms. The lowest BCUT2D eigenvalue weighted by Gasteiger charge is -2.37. The van der Waals surface area contributed by atoms with Gasteiger partial charge in [-0.3, -0.25) is 9.69 Å². The summed E-state index contributed by atoms with van der Waals surface area (Å²) in [6, 6.07) is 9.49. The molecule has 164 valence electrons. The first kappa shape index (κ1) is 21.4. The molecule has 2 heterocycles. The number of unbranched alkanes of at least 4 members (excludes halogenated alkanes) is 1. The maximum Gasteiger partial charge on any atom is 0.220 e. The standard InChI is InChI=1S/C26H38N2O2/c1-2-3-10-26(29)27-23-13-11-20(12-14-23)15-17-28-16-5-4-8-24(28)22-18-21-7-6-9-25(21)30-19-22/h6-7,9,18-20,23-24H,2-5,8,10-17H2,1H3,(H,27,29). The minimum absolute atomic E-state index is 0.253. The van der Waals surface area contributed by atoms with Gasteiger partial charge in [-0.15, -0.1) is 0 Å². The molecule has 4 nitrogen and oxygen atoms in total. The van der Waals surface area contributed by atoms with Gasteiger partial charge >= 0.3 is 0 Å². The number of carbonyl (C=O) groups is 1. The van der Waals surface area contributed by atoms with Crippen LogP contribution in [0, 0.1) is 5.92 Å². The Hall–Kier alpha value is -1.81. The maximum atomic E-state index is 12.0. The summed E-state index contributed by atoms with van der Waals surface area (Å²) in [6.07, 6.45) is 14.7. The first-order valence-corrected chi connectivity index (χ1v) is 12.2.